The summed E-state index contributed by atoms with van der Waals surface area (Å²) in [6.07, 6.45) is -0.139. The maximum absolute atomic E-state index is 12.6. The number of ether oxygens (including phenoxy) is 3. The second-order valence-corrected chi connectivity index (χ2v) is 7.59. The van der Waals surface area contributed by atoms with E-state index in [1.807, 2.05) is 0 Å². The van der Waals surface area contributed by atoms with Crippen molar-refractivity contribution in [2.45, 2.75) is 32.4 Å². The second kappa shape index (κ2) is 12.5. The molecule has 0 saturated carbocycles. The number of carbonyl (C=O) groups excluding carboxylic acids is 3. The lowest BCUT2D eigenvalue weighted by atomic mass is 10.1. The van der Waals surface area contributed by atoms with E-state index in [4.69, 9.17) is 19.9 Å². The molecule has 0 aliphatic heterocycles. The van der Waals surface area contributed by atoms with Gasteiger partial charge in [-0.3, -0.25) is 4.79 Å². The first-order valence-corrected chi connectivity index (χ1v) is 10.5. The molecule has 7 nitrogen and oxygen atoms in total. The number of halogens is 1. The lowest BCUT2D eigenvalue weighted by Gasteiger charge is -2.16. The van der Waals surface area contributed by atoms with Gasteiger partial charge in [-0.15, -0.1) is 12.4 Å². The van der Waals surface area contributed by atoms with Crippen LogP contribution >= 0.6 is 12.4 Å². The Balaban J connectivity index is 0.00000408. The predicted octanol–water partition coefficient (Wildman–Crippen LogP) is 4.37. The van der Waals surface area contributed by atoms with Crippen LogP contribution in [-0.4, -0.2) is 30.1 Å². The number of hydrogen-bond acceptors (Lipinski definition) is 7. The fraction of sp³-hybridized carbons (Fsp3) is 0.192. The first-order chi connectivity index (χ1) is 15.8. The van der Waals surface area contributed by atoms with Crippen LogP contribution in [0.5, 0.6) is 11.5 Å². The molecule has 0 aromatic heterocycles. The van der Waals surface area contributed by atoms with E-state index in [-0.39, 0.29) is 36.4 Å². The Bertz CT molecular complexity index is 1120. The van der Waals surface area contributed by atoms with Crippen LogP contribution in [0, 0.1) is 0 Å². The zero-order valence-corrected chi connectivity index (χ0v) is 19.6. The van der Waals surface area contributed by atoms with E-state index in [1.165, 1.54) is 12.1 Å². The van der Waals surface area contributed by atoms with Crippen molar-refractivity contribution in [3.05, 3.63) is 95.6 Å². The topological polar surface area (TPSA) is 105 Å². The van der Waals surface area contributed by atoms with E-state index < -0.39 is 23.9 Å². The minimum atomic E-state index is -0.900. The minimum absolute atomic E-state index is 0. The predicted molar refractivity (Wildman–Crippen MR) is 129 cm³/mol. The maximum atomic E-state index is 12.6. The van der Waals surface area contributed by atoms with Gasteiger partial charge in [0.05, 0.1) is 17.2 Å². The van der Waals surface area contributed by atoms with E-state index in [9.17, 15) is 14.4 Å². The summed E-state index contributed by atoms with van der Waals surface area (Å²) in [5.41, 5.74) is 7.26. The zero-order valence-electron chi connectivity index (χ0n) is 18.8. The molecule has 3 rings (SSSR count). The number of rotatable bonds is 8. The van der Waals surface area contributed by atoms with E-state index in [0.717, 1.165) is 0 Å². The Morgan fingerprint density at radius 3 is 1.76 bits per heavy atom. The molecule has 0 spiro atoms. The van der Waals surface area contributed by atoms with E-state index in [1.54, 1.807) is 80.6 Å². The lowest BCUT2D eigenvalue weighted by Crippen LogP contribution is -2.35. The standard InChI is InChI=1S/C26H25NO6.ClH/c1-17(2)31-26(30)21(27)15-18-13-14-22(32-24(28)19-9-5-3-6-10-19)23(16-18)33-25(29)20-11-7-4-8-12-20;/h3-14,16-17,21H,15,27H2,1-2H3;1H/t21-;/m0./s1. The molecule has 0 bridgehead atoms. The molecule has 0 amide bonds. The van der Waals surface area contributed by atoms with Gasteiger partial charge < -0.3 is 19.9 Å². The summed E-state index contributed by atoms with van der Waals surface area (Å²) in [6, 6.07) is 20.7. The first-order valence-electron chi connectivity index (χ1n) is 10.5. The van der Waals surface area contributed by atoms with Crippen LogP contribution in [0.4, 0.5) is 0 Å². The quantitative estimate of drug-likeness (QED) is 0.374. The smallest absolute Gasteiger partial charge is 0.343 e. The van der Waals surface area contributed by atoms with Crippen molar-refractivity contribution < 1.29 is 28.6 Å². The molecule has 3 aromatic carbocycles. The minimum Gasteiger partial charge on any atom is -0.462 e. The highest BCUT2D eigenvalue weighted by atomic mass is 35.5. The molecule has 0 fully saturated rings. The molecule has 3 aromatic rings. The van der Waals surface area contributed by atoms with Crippen molar-refractivity contribution in [1.29, 1.82) is 0 Å². The van der Waals surface area contributed by atoms with Crippen LogP contribution in [0.25, 0.3) is 0 Å². The highest BCUT2D eigenvalue weighted by Gasteiger charge is 2.20. The van der Waals surface area contributed by atoms with Crippen molar-refractivity contribution >= 4 is 30.3 Å². The Morgan fingerprint density at radius 1 is 0.765 bits per heavy atom. The van der Waals surface area contributed by atoms with Crippen LogP contribution < -0.4 is 15.2 Å². The molecule has 178 valence electrons. The molecule has 1 atom stereocenters. The van der Waals surface area contributed by atoms with Gasteiger partial charge in [-0.2, -0.15) is 0 Å². The van der Waals surface area contributed by atoms with Gasteiger partial charge >= 0.3 is 17.9 Å². The average Bonchev–Trinajstić information content (AvgIpc) is 2.81. The second-order valence-electron chi connectivity index (χ2n) is 7.59. The van der Waals surface area contributed by atoms with Crippen LogP contribution in [0.15, 0.2) is 78.9 Å². The van der Waals surface area contributed by atoms with Gasteiger partial charge in [-0.25, -0.2) is 9.59 Å². The van der Waals surface area contributed by atoms with Crippen molar-refractivity contribution in [3.8, 4) is 11.5 Å². The van der Waals surface area contributed by atoms with Crippen LogP contribution in [0.3, 0.4) is 0 Å². The summed E-state index contributed by atoms with van der Waals surface area (Å²) >= 11 is 0. The molecule has 0 radical (unpaired) electrons. The number of esters is 3. The summed E-state index contributed by atoms with van der Waals surface area (Å²) in [5.74, 6) is -1.65. The van der Waals surface area contributed by atoms with Gasteiger partial charge in [0, 0.05) is 0 Å². The van der Waals surface area contributed by atoms with Gasteiger partial charge in [0.25, 0.3) is 0 Å². The molecule has 34 heavy (non-hydrogen) atoms. The van der Waals surface area contributed by atoms with E-state index in [2.05, 4.69) is 0 Å². The molecule has 0 aliphatic rings. The third-order valence-corrected chi connectivity index (χ3v) is 4.54. The third-order valence-electron chi connectivity index (χ3n) is 4.54. The highest BCUT2D eigenvalue weighted by molar-refractivity contribution is 5.93. The fourth-order valence-corrected chi connectivity index (χ4v) is 2.97. The molecule has 0 saturated heterocycles. The van der Waals surface area contributed by atoms with Gasteiger partial charge in [0.15, 0.2) is 11.5 Å². The highest BCUT2D eigenvalue weighted by Crippen LogP contribution is 2.30. The molecular weight excluding hydrogens is 458 g/mol. The molecule has 8 heteroatoms. The summed E-state index contributed by atoms with van der Waals surface area (Å²) < 4.78 is 16.2. The van der Waals surface area contributed by atoms with Crippen LogP contribution in [0.1, 0.15) is 40.1 Å². The maximum Gasteiger partial charge on any atom is 0.343 e. The zero-order chi connectivity index (χ0) is 23.8. The molecule has 0 unspecified atom stereocenters. The van der Waals surface area contributed by atoms with Gasteiger partial charge in [0.2, 0.25) is 0 Å². The fourth-order valence-electron chi connectivity index (χ4n) is 2.97. The molecule has 2 N–H and O–H groups in total. The van der Waals surface area contributed by atoms with Crippen molar-refractivity contribution in [3.63, 3.8) is 0 Å². The Hall–Kier alpha value is -3.68. The SMILES string of the molecule is CC(C)OC(=O)[C@@H](N)Cc1ccc(OC(=O)c2ccccc2)c(OC(=O)c2ccccc2)c1.Cl. The number of nitrogens with two attached hydrogens (primary N) is 1. The average molecular weight is 484 g/mol. The molecular formula is C26H26ClNO6. The Labute approximate surface area is 204 Å². The summed E-state index contributed by atoms with van der Waals surface area (Å²) in [5, 5.41) is 0. The largest absolute Gasteiger partial charge is 0.462 e. The lowest BCUT2D eigenvalue weighted by molar-refractivity contribution is -0.148. The number of hydrogen-bond donors (Lipinski definition) is 1. The normalized spacial score (nSPS) is 11.2. The third kappa shape index (κ3) is 7.43. The Kier molecular flexibility index (Phi) is 9.79. The molecule has 0 heterocycles. The van der Waals surface area contributed by atoms with Crippen molar-refractivity contribution in [1.82, 2.24) is 0 Å². The van der Waals surface area contributed by atoms with E-state index in [0.29, 0.717) is 16.7 Å². The summed E-state index contributed by atoms with van der Waals surface area (Å²) in [6.45, 7) is 3.48. The van der Waals surface area contributed by atoms with Crippen LogP contribution in [-0.2, 0) is 16.0 Å². The van der Waals surface area contributed by atoms with Crippen molar-refractivity contribution in [2.24, 2.45) is 5.73 Å². The van der Waals surface area contributed by atoms with Gasteiger partial charge in [-0.1, -0.05) is 42.5 Å². The Morgan fingerprint density at radius 2 is 1.26 bits per heavy atom. The van der Waals surface area contributed by atoms with Gasteiger partial charge in [-0.05, 0) is 62.2 Å². The number of carbonyl (C=O) groups is 3. The van der Waals surface area contributed by atoms with Crippen molar-refractivity contribution in [2.75, 3.05) is 0 Å². The van der Waals surface area contributed by atoms with Crippen LogP contribution in [0.2, 0.25) is 0 Å². The first kappa shape index (κ1) is 26.6. The van der Waals surface area contributed by atoms with Gasteiger partial charge in [0.1, 0.15) is 6.04 Å². The monoisotopic (exact) mass is 483 g/mol. The van der Waals surface area contributed by atoms with E-state index >= 15 is 0 Å². The molecule has 0 aliphatic carbocycles. The number of benzene rings is 3. The summed E-state index contributed by atoms with van der Waals surface area (Å²) in [7, 11) is 0. The summed E-state index contributed by atoms with van der Waals surface area (Å²) in [4.78, 5) is 37.2.